The molecule has 0 fully saturated rings. The molecule has 0 aliphatic rings. The van der Waals surface area contributed by atoms with Crippen molar-refractivity contribution in [1.29, 1.82) is 0 Å². The van der Waals surface area contributed by atoms with Gasteiger partial charge in [-0.2, -0.15) is 0 Å². The summed E-state index contributed by atoms with van der Waals surface area (Å²) in [5.74, 6) is 0. The van der Waals surface area contributed by atoms with E-state index in [-0.39, 0.29) is 0 Å². The molecule has 0 aromatic carbocycles. The molecule has 0 atom stereocenters. The van der Waals surface area contributed by atoms with Gasteiger partial charge in [0.05, 0.1) is 2.74 Å². The Hall–Kier alpha value is -0.620. The van der Waals surface area contributed by atoms with Crippen molar-refractivity contribution < 1.29 is 11.6 Å². The van der Waals surface area contributed by atoms with Crippen LogP contribution in [0.5, 0.6) is 0 Å². The minimum Gasteiger partial charge on any atom is -0.211 e. The predicted molar refractivity (Wildman–Crippen MR) is 18.7 cm³/mol. The van der Waals surface area contributed by atoms with Crippen LogP contribution < -0.4 is 0 Å². The smallest absolute Gasteiger partial charge is 0.211 e. The highest BCUT2D eigenvalue weighted by Crippen LogP contribution is 1.52. The van der Waals surface area contributed by atoms with Gasteiger partial charge >= 0.3 is 0 Å². The Morgan fingerprint density at radius 3 is 3.60 bits per heavy atom. The van der Waals surface area contributed by atoms with Gasteiger partial charge in [0.1, 0.15) is 0 Å². The number of rotatable bonds is 1. The van der Waals surface area contributed by atoms with Crippen molar-refractivity contribution in [2.75, 3.05) is 6.50 Å². The van der Waals surface area contributed by atoms with E-state index in [9.17, 15) is 4.79 Å². The molecule has 0 aromatic rings. The molecule has 0 saturated heterocycles. The monoisotopic (exact) mass is 76.1 g/mol. The zero-order chi connectivity index (χ0) is 8.41. The lowest BCUT2D eigenvalue weighted by molar-refractivity contribution is 0.563. The SMILES string of the molecule is [2H]C([2H])([2H])C([2H])([2H])N=C=O. The number of hydrogen-bond donors (Lipinski definition) is 0. The van der Waals surface area contributed by atoms with Gasteiger partial charge in [0.2, 0.25) is 6.08 Å². The minimum absolute atomic E-state index is 0.855. The average molecular weight is 76.1 g/mol. The van der Waals surface area contributed by atoms with E-state index in [1.54, 1.807) is 0 Å². The van der Waals surface area contributed by atoms with Crippen LogP contribution in [0.1, 0.15) is 13.7 Å². The van der Waals surface area contributed by atoms with Crippen LogP contribution in [0.15, 0.2) is 4.99 Å². The van der Waals surface area contributed by atoms with Gasteiger partial charge in [-0.25, -0.2) is 9.79 Å². The molecule has 2 heteroatoms. The van der Waals surface area contributed by atoms with Gasteiger partial charge in [-0.05, 0) is 6.85 Å². The van der Waals surface area contributed by atoms with Crippen molar-refractivity contribution >= 4 is 6.08 Å². The summed E-state index contributed by atoms with van der Waals surface area (Å²) in [7, 11) is 0. The third-order valence-corrected chi connectivity index (χ3v) is 0.102. The fraction of sp³-hybridized carbons (Fsp3) is 0.667. The van der Waals surface area contributed by atoms with Crippen molar-refractivity contribution in [1.82, 2.24) is 0 Å². The van der Waals surface area contributed by atoms with Crippen molar-refractivity contribution in [3.05, 3.63) is 0 Å². The molecule has 0 radical (unpaired) electrons. The third kappa shape index (κ3) is 3.38. The zero-order valence-electron chi connectivity index (χ0n) is 7.36. The lowest BCUT2D eigenvalue weighted by Gasteiger charge is -1.58. The lowest BCUT2D eigenvalue weighted by Crippen LogP contribution is -1.58. The van der Waals surface area contributed by atoms with Crippen molar-refractivity contribution in [2.45, 2.75) is 6.85 Å². The molecule has 0 aromatic heterocycles. The maximum absolute atomic E-state index is 9.49. The highest BCUT2D eigenvalue weighted by molar-refractivity contribution is 5.32. The van der Waals surface area contributed by atoms with Gasteiger partial charge in [0.15, 0.2) is 0 Å². The molecular formula is C3H5NO. The number of isocyanates is 1. The van der Waals surface area contributed by atoms with Crippen molar-refractivity contribution in [2.24, 2.45) is 4.99 Å². The Labute approximate surface area is 37.6 Å². The van der Waals surface area contributed by atoms with Gasteiger partial charge in [-0.15, -0.1) is 0 Å². The summed E-state index contributed by atoms with van der Waals surface area (Å²) < 4.78 is 32.9. The highest BCUT2D eigenvalue weighted by Gasteiger charge is 1.52. The second kappa shape index (κ2) is 3.38. The molecule has 0 N–H and O–H groups in total. The van der Waals surface area contributed by atoms with Gasteiger partial charge < -0.3 is 0 Å². The van der Waals surface area contributed by atoms with Crippen LogP contribution in [0.3, 0.4) is 0 Å². The number of carbonyl (C=O) groups excluding carboxylic acids is 1. The summed E-state index contributed by atoms with van der Waals surface area (Å²) in [5, 5.41) is 0. The fourth-order valence-corrected chi connectivity index (χ4v) is 0.0228. The van der Waals surface area contributed by atoms with E-state index in [0.29, 0.717) is 0 Å². The second-order valence-corrected chi connectivity index (χ2v) is 0.315. The van der Waals surface area contributed by atoms with Crippen LogP contribution in [0.25, 0.3) is 0 Å². The number of aliphatic imine (C=N–C) groups is 1. The van der Waals surface area contributed by atoms with Crippen LogP contribution in [0, 0.1) is 0 Å². The van der Waals surface area contributed by atoms with Crippen LogP contribution >= 0.6 is 0 Å². The Morgan fingerprint density at radius 1 is 2.60 bits per heavy atom. The standard InChI is InChI=1S/C3H5NO/c1-2-4-3-5/h2H2,1H3/i1D3,2D2. The molecule has 0 amide bonds. The summed E-state index contributed by atoms with van der Waals surface area (Å²) in [5.41, 5.74) is 0. The van der Waals surface area contributed by atoms with Crippen LogP contribution in [-0.2, 0) is 4.79 Å². The first-order valence-corrected chi connectivity index (χ1v) is 0.901. The topological polar surface area (TPSA) is 29.4 Å². The van der Waals surface area contributed by atoms with Crippen molar-refractivity contribution in [3.63, 3.8) is 0 Å². The fourth-order valence-electron chi connectivity index (χ4n) is 0.0228. The summed E-state index contributed by atoms with van der Waals surface area (Å²) in [6.45, 7) is -5.71. The number of nitrogens with zero attached hydrogens (tertiary/aromatic N) is 1. The van der Waals surface area contributed by atoms with E-state index >= 15 is 0 Å². The Balaban J connectivity index is 4.56. The minimum atomic E-state index is -2.90. The molecule has 5 heavy (non-hydrogen) atoms. The number of hydrogen-bond acceptors (Lipinski definition) is 2. The third-order valence-electron chi connectivity index (χ3n) is 0.102. The first-order valence-electron chi connectivity index (χ1n) is 3.40. The summed E-state index contributed by atoms with van der Waals surface area (Å²) in [4.78, 5) is 12.0. The Morgan fingerprint density at radius 2 is 3.40 bits per heavy atom. The van der Waals surface area contributed by atoms with Gasteiger partial charge in [0.25, 0.3) is 0 Å². The molecule has 0 aliphatic carbocycles. The molecule has 0 heterocycles. The normalized spacial score (nSPS) is 26.0. The van der Waals surface area contributed by atoms with Gasteiger partial charge in [-0.3, -0.25) is 0 Å². The van der Waals surface area contributed by atoms with Gasteiger partial charge in [-0.1, -0.05) is 0 Å². The summed E-state index contributed by atoms with van der Waals surface area (Å²) >= 11 is 0. The largest absolute Gasteiger partial charge is 0.234 e. The molecule has 0 aliphatic heterocycles. The quantitative estimate of drug-likeness (QED) is 0.327. The zero-order valence-corrected chi connectivity index (χ0v) is 2.36. The molecular weight excluding hydrogens is 66.0 g/mol. The van der Waals surface area contributed by atoms with Crippen LogP contribution in [0.2, 0.25) is 0 Å². The average Bonchev–Trinajstić information content (AvgIpc) is 1.61. The molecule has 0 spiro atoms. The summed E-state index contributed by atoms with van der Waals surface area (Å²) in [6.07, 6.45) is 0.855. The Kier molecular flexibility index (Phi) is 0.482. The molecule has 0 unspecified atom stereocenters. The van der Waals surface area contributed by atoms with E-state index in [2.05, 4.69) is 4.99 Å². The van der Waals surface area contributed by atoms with E-state index < -0.39 is 13.3 Å². The molecule has 28 valence electrons. The molecule has 0 bridgehead atoms. The van der Waals surface area contributed by atoms with E-state index in [4.69, 9.17) is 6.85 Å². The first kappa shape index (κ1) is 0.713. The van der Waals surface area contributed by atoms with E-state index in [1.807, 2.05) is 0 Å². The van der Waals surface area contributed by atoms with E-state index in [1.165, 1.54) is 0 Å². The summed E-state index contributed by atoms with van der Waals surface area (Å²) in [6, 6.07) is 0. The lowest BCUT2D eigenvalue weighted by atomic mass is 10.8. The maximum atomic E-state index is 9.49. The highest BCUT2D eigenvalue weighted by atomic mass is 16.1. The van der Waals surface area contributed by atoms with E-state index in [0.717, 1.165) is 6.08 Å². The molecule has 0 rings (SSSR count). The van der Waals surface area contributed by atoms with Crippen LogP contribution in [0.4, 0.5) is 0 Å². The Bertz CT molecular complexity index is 166. The van der Waals surface area contributed by atoms with Crippen LogP contribution in [-0.4, -0.2) is 12.6 Å². The predicted octanol–water partition coefficient (Wildman–Crippen LogP) is 0.342. The van der Waals surface area contributed by atoms with Gasteiger partial charge in [0, 0.05) is 10.6 Å². The maximum Gasteiger partial charge on any atom is 0.234 e. The first-order chi connectivity index (χ1) is 4.31. The molecule has 2 nitrogen and oxygen atoms in total. The second-order valence-electron chi connectivity index (χ2n) is 0.315. The van der Waals surface area contributed by atoms with Crippen molar-refractivity contribution in [3.8, 4) is 0 Å². The molecule has 0 saturated carbocycles.